The third kappa shape index (κ3) is 4.31. The van der Waals surface area contributed by atoms with E-state index in [9.17, 15) is 0 Å². The number of aromatic nitrogens is 3. The van der Waals surface area contributed by atoms with Crippen LogP contribution in [0.3, 0.4) is 0 Å². The molecule has 0 aliphatic heterocycles. The van der Waals surface area contributed by atoms with Gasteiger partial charge in [-0.05, 0) is 39.2 Å². The summed E-state index contributed by atoms with van der Waals surface area (Å²) in [6, 6.07) is 0.574. The van der Waals surface area contributed by atoms with Crippen molar-refractivity contribution >= 4 is 0 Å². The van der Waals surface area contributed by atoms with Gasteiger partial charge in [-0.1, -0.05) is 19.1 Å². The fourth-order valence-corrected chi connectivity index (χ4v) is 1.73. The largest absolute Gasteiger partial charge is 0.314 e. The van der Waals surface area contributed by atoms with Gasteiger partial charge in [0.2, 0.25) is 0 Å². The van der Waals surface area contributed by atoms with Crippen LogP contribution in [0.5, 0.6) is 0 Å². The zero-order valence-electron chi connectivity index (χ0n) is 10.7. The molecule has 0 aliphatic rings. The van der Waals surface area contributed by atoms with E-state index in [2.05, 4.69) is 36.4 Å². The Bertz CT molecular complexity index is 282. The van der Waals surface area contributed by atoms with E-state index in [-0.39, 0.29) is 0 Å². The van der Waals surface area contributed by atoms with Crippen LogP contribution < -0.4 is 5.32 Å². The summed E-state index contributed by atoms with van der Waals surface area (Å²) in [7, 11) is 0. The standard InChI is InChI=1S/C12H24N4/c1-4-8-13-11(3)6-7-12-10-14-15-16(12)9-5-2/h10-11,13H,4-9H2,1-3H3. The lowest BCUT2D eigenvalue weighted by molar-refractivity contribution is 0.493. The molecule has 4 heteroatoms. The van der Waals surface area contributed by atoms with Crippen LogP contribution in [0.15, 0.2) is 6.20 Å². The molecule has 0 amide bonds. The van der Waals surface area contributed by atoms with Gasteiger partial charge in [-0.25, -0.2) is 4.68 Å². The van der Waals surface area contributed by atoms with E-state index in [0.717, 1.165) is 32.4 Å². The van der Waals surface area contributed by atoms with Crippen molar-refractivity contribution in [2.45, 2.75) is 59.0 Å². The van der Waals surface area contributed by atoms with Gasteiger partial charge in [0.05, 0.1) is 11.9 Å². The summed E-state index contributed by atoms with van der Waals surface area (Å²) in [6.07, 6.45) is 6.41. The lowest BCUT2D eigenvalue weighted by atomic mass is 10.1. The first kappa shape index (κ1) is 13.2. The van der Waals surface area contributed by atoms with Gasteiger partial charge in [-0.3, -0.25) is 0 Å². The lowest BCUT2D eigenvalue weighted by Gasteiger charge is -2.13. The molecule has 0 radical (unpaired) electrons. The van der Waals surface area contributed by atoms with Gasteiger partial charge in [0.15, 0.2) is 0 Å². The molecule has 16 heavy (non-hydrogen) atoms. The van der Waals surface area contributed by atoms with Crippen LogP contribution in [0, 0.1) is 0 Å². The summed E-state index contributed by atoms with van der Waals surface area (Å²) < 4.78 is 2.02. The Morgan fingerprint density at radius 3 is 2.88 bits per heavy atom. The topological polar surface area (TPSA) is 42.7 Å². The third-order valence-electron chi connectivity index (χ3n) is 2.71. The Labute approximate surface area is 98.4 Å². The van der Waals surface area contributed by atoms with Gasteiger partial charge >= 0.3 is 0 Å². The molecule has 0 saturated carbocycles. The van der Waals surface area contributed by atoms with Crippen molar-refractivity contribution in [1.29, 1.82) is 0 Å². The van der Waals surface area contributed by atoms with Crippen LogP contribution in [0.4, 0.5) is 0 Å². The summed E-state index contributed by atoms with van der Waals surface area (Å²) in [4.78, 5) is 0. The minimum atomic E-state index is 0.574. The zero-order valence-corrected chi connectivity index (χ0v) is 10.7. The average Bonchev–Trinajstić information content (AvgIpc) is 2.72. The van der Waals surface area contributed by atoms with E-state index in [4.69, 9.17) is 0 Å². The molecule has 1 heterocycles. The quantitative estimate of drug-likeness (QED) is 0.734. The molecule has 1 atom stereocenters. The van der Waals surface area contributed by atoms with Crippen molar-refractivity contribution < 1.29 is 0 Å². The Balaban J connectivity index is 2.32. The number of aryl methyl sites for hydroxylation is 2. The van der Waals surface area contributed by atoms with Crippen molar-refractivity contribution in [3.8, 4) is 0 Å². The number of hydrogen-bond acceptors (Lipinski definition) is 3. The third-order valence-corrected chi connectivity index (χ3v) is 2.71. The molecule has 0 spiro atoms. The van der Waals surface area contributed by atoms with Gasteiger partial charge in [-0.2, -0.15) is 0 Å². The highest BCUT2D eigenvalue weighted by Crippen LogP contribution is 2.04. The zero-order chi connectivity index (χ0) is 11.8. The predicted octanol–water partition coefficient (Wildman–Crippen LogP) is 2.01. The fourth-order valence-electron chi connectivity index (χ4n) is 1.73. The number of nitrogens with one attached hydrogen (secondary N) is 1. The molecule has 92 valence electrons. The summed E-state index contributed by atoms with van der Waals surface area (Å²) in [5.41, 5.74) is 1.26. The molecule has 0 aromatic carbocycles. The van der Waals surface area contributed by atoms with E-state index in [1.807, 2.05) is 10.9 Å². The normalized spacial score (nSPS) is 12.9. The van der Waals surface area contributed by atoms with Gasteiger partial charge in [0.1, 0.15) is 0 Å². The van der Waals surface area contributed by atoms with Gasteiger partial charge in [0, 0.05) is 12.6 Å². The van der Waals surface area contributed by atoms with Crippen LogP contribution in [0.2, 0.25) is 0 Å². The number of hydrogen-bond donors (Lipinski definition) is 1. The van der Waals surface area contributed by atoms with E-state index in [0.29, 0.717) is 6.04 Å². The van der Waals surface area contributed by atoms with Gasteiger partial charge < -0.3 is 5.32 Å². The molecule has 1 N–H and O–H groups in total. The molecule has 0 bridgehead atoms. The smallest absolute Gasteiger partial charge is 0.0725 e. The maximum absolute atomic E-state index is 4.09. The molecule has 1 unspecified atom stereocenters. The van der Waals surface area contributed by atoms with Crippen molar-refractivity contribution in [3.63, 3.8) is 0 Å². The lowest BCUT2D eigenvalue weighted by Crippen LogP contribution is -2.27. The summed E-state index contributed by atoms with van der Waals surface area (Å²) >= 11 is 0. The molecule has 0 fully saturated rings. The van der Waals surface area contributed by atoms with Crippen LogP contribution in [0.25, 0.3) is 0 Å². The van der Waals surface area contributed by atoms with E-state index >= 15 is 0 Å². The molecule has 1 aromatic rings. The monoisotopic (exact) mass is 224 g/mol. The second kappa shape index (κ2) is 7.39. The summed E-state index contributed by atoms with van der Waals surface area (Å²) in [5.74, 6) is 0. The second-order valence-corrected chi connectivity index (χ2v) is 4.34. The first-order valence-electron chi connectivity index (χ1n) is 6.38. The number of rotatable bonds is 8. The molecular formula is C12H24N4. The Morgan fingerprint density at radius 1 is 1.38 bits per heavy atom. The highest BCUT2D eigenvalue weighted by atomic mass is 15.4. The van der Waals surface area contributed by atoms with Crippen molar-refractivity contribution in [2.75, 3.05) is 6.54 Å². The molecular weight excluding hydrogens is 200 g/mol. The van der Waals surface area contributed by atoms with E-state index in [1.54, 1.807) is 0 Å². The van der Waals surface area contributed by atoms with Gasteiger partial charge in [0.25, 0.3) is 0 Å². The Kier molecular flexibility index (Phi) is 6.08. The molecule has 4 nitrogen and oxygen atoms in total. The molecule has 1 rings (SSSR count). The summed E-state index contributed by atoms with van der Waals surface area (Å²) in [5, 5.41) is 11.6. The fraction of sp³-hybridized carbons (Fsp3) is 0.833. The maximum atomic E-state index is 4.09. The molecule has 1 aromatic heterocycles. The number of nitrogens with zero attached hydrogens (tertiary/aromatic N) is 3. The minimum absolute atomic E-state index is 0.574. The minimum Gasteiger partial charge on any atom is -0.314 e. The van der Waals surface area contributed by atoms with Crippen molar-refractivity contribution in [2.24, 2.45) is 0 Å². The highest BCUT2D eigenvalue weighted by molar-refractivity contribution is 4.94. The first-order valence-corrected chi connectivity index (χ1v) is 6.38. The SMILES string of the molecule is CCCNC(C)CCc1cnnn1CCC. The van der Waals surface area contributed by atoms with Crippen LogP contribution >= 0.6 is 0 Å². The van der Waals surface area contributed by atoms with Gasteiger partial charge in [-0.15, -0.1) is 5.10 Å². The maximum Gasteiger partial charge on any atom is 0.0725 e. The van der Waals surface area contributed by atoms with Crippen LogP contribution in [-0.2, 0) is 13.0 Å². The Morgan fingerprint density at radius 2 is 2.19 bits per heavy atom. The van der Waals surface area contributed by atoms with Crippen molar-refractivity contribution in [1.82, 2.24) is 20.3 Å². The van der Waals surface area contributed by atoms with Crippen molar-refractivity contribution in [3.05, 3.63) is 11.9 Å². The molecule has 0 saturated heterocycles. The summed E-state index contributed by atoms with van der Waals surface area (Å²) in [6.45, 7) is 8.68. The Hall–Kier alpha value is -0.900. The van der Waals surface area contributed by atoms with Crippen LogP contribution in [-0.4, -0.2) is 27.6 Å². The molecule has 0 aliphatic carbocycles. The predicted molar refractivity (Wildman–Crippen MR) is 66.4 cm³/mol. The highest BCUT2D eigenvalue weighted by Gasteiger charge is 2.06. The van der Waals surface area contributed by atoms with E-state index in [1.165, 1.54) is 12.1 Å². The second-order valence-electron chi connectivity index (χ2n) is 4.34. The van der Waals surface area contributed by atoms with Crippen LogP contribution in [0.1, 0.15) is 45.7 Å². The van der Waals surface area contributed by atoms with E-state index < -0.39 is 0 Å². The average molecular weight is 224 g/mol. The first-order chi connectivity index (χ1) is 7.77.